The number of rotatable bonds is 3. The van der Waals surface area contributed by atoms with Crippen LogP contribution in [0.1, 0.15) is 11.1 Å². The van der Waals surface area contributed by atoms with Crippen molar-refractivity contribution in [2.24, 2.45) is 0 Å². The van der Waals surface area contributed by atoms with E-state index < -0.39 is 0 Å². The predicted molar refractivity (Wildman–Crippen MR) is 90.9 cm³/mol. The second-order valence-electron chi connectivity index (χ2n) is 5.03. The van der Waals surface area contributed by atoms with Crippen LogP contribution in [0.15, 0.2) is 52.4 Å². The molecule has 0 fully saturated rings. The molecule has 3 aromatic rings. The number of hydrogen-bond acceptors (Lipinski definition) is 4. The van der Waals surface area contributed by atoms with Gasteiger partial charge in [0.25, 0.3) is 5.56 Å². The fourth-order valence-corrected chi connectivity index (χ4v) is 2.76. The number of nitrogens with one attached hydrogen (secondary N) is 1. The summed E-state index contributed by atoms with van der Waals surface area (Å²) in [6.07, 6.45) is 5.38. The van der Waals surface area contributed by atoms with Gasteiger partial charge in [-0.15, -0.1) is 11.8 Å². The Morgan fingerprint density at radius 1 is 1.26 bits per heavy atom. The van der Waals surface area contributed by atoms with Crippen molar-refractivity contribution in [2.75, 3.05) is 6.26 Å². The first-order valence-electron chi connectivity index (χ1n) is 6.96. The highest BCUT2D eigenvalue weighted by atomic mass is 32.2. The van der Waals surface area contributed by atoms with Crippen LogP contribution in [0.3, 0.4) is 0 Å². The number of aryl methyl sites for hydroxylation is 1. The van der Waals surface area contributed by atoms with Crippen LogP contribution in [-0.4, -0.2) is 21.0 Å². The summed E-state index contributed by atoms with van der Waals surface area (Å²) in [4.78, 5) is 18.0. The first-order valence-corrected chi connectivity index (χ1v) is 8.18. The highest BCUT2D eigenvalue weighted by Gasteiger charge is 2.13. The number of benzene rings is 1. The molecule has 5 nitrogen and oxygen atoms in total. The molecule has 0 radical (unpaired) electrons. The van der Waals surface area contributed by atoms with Crippen LogP contribution in [0.4, 0.5) is 0 Å². The maximum Gasteiger partial charge on any atom is 0.280 e. The van der Waals surface area contributed by atoms with E-state index in [1.165, 1.54) is 4.68 Å². The summed E-state index contributed by atoms with van der Waals surface area (Å²) < 4.78 is 1.41. The van der Waals surface area contributed by atoms with Gasteiger partial charge in [0.15, 0.2) is 5.82 Å². The largest absolute Gasteiger partial charge is 0.296 e. The number of H-pyrrole nitrogens is 1. The quantitative estimate of drug-likeness (QED) is 0.752. The molecule has 0 saturated carbocycles. The third-order valence-electron chi connectivity index (χ3n) is 3.60. The number of nitrogens with zero attached hydrogens (tertiary/aromatic N) is 3. The summed E-state index contributed by atoms with van der Waals surface area (Å²) in [6, 6.07) is 11.1. The van der Waals surface area contributed by atoms with E-state index >= 15 is 0 Å². The van der Waals surface area contributed by atoms with E-state index in [9.17, 15) is 4.79 Å². The monoisotopic (exact) mass is 322 g/mol. The molecule has 114 valence electrons. The Balaban J connectivity index is 2.05. The second-order valence-corrected chi connectivity index (χ2v) is 5.91. The van der Waals surface area contributed by atoms with Gasteiger partial charge in [0.2, 0.25) is 0 Å². The van der Waals surface area contributed by atoms with Crippen LogP contribution >= 0.6 is 11.8 Å². The minimum atomic E-state index is -0.165. The molecular weight excluding hydrogens is 308 g/mol. The molecule has 0 aliphatic carbocycles. The first-order chi connectivity index (χ1) is 11.1. The van der Waals surface area contributed by atoms with Crippen LogP contribution in [0.5, 0.6) is 0 Å². The van der Waals surface area contributed by atoms with E-state index in [1.807, 2.05) is 19.2 Å². The number of hydrogen-bond donors (Lipinski definition) is 1. The zero-order valence-corrected chi connectivity index (χ0v) is 13.5. The Labute approximate surface area is 137 Å². The van der Waals surface area contributed by atoms with Crippen LogP contribution in [0.2, 0.25) is 0 Å². The maximum atomic E-state index is 12.7. The van der Waals surface area contributed by atoms with Gasteiger partial charge in [0.05, 0.1) is 17.2 Å². The van der Waals surface area contributed by atoms with Crippen LogP contribution in [-0.2, 0) is 0 Å². The van der Waals surface area contributed by atoms with Crippen molar-refractivity contribution in [1.82, 2.24) is 14.8 Å². The number of aromatic amines is 1. The number of pyridine rings is 1. The van der Waals surface area contributed by atoms with Crippen molar-refractivity contribution in [3.05, 3.63) is 64.2 Å². The molecule has 0 atom stereocenters. The highest BCUT2D eigenvalue weighted by molar-refractivity contribution is 7.98. The molecule has 0 unspecified atom stereocenters. The lowest BCUT2D eigenvalue weighted by atomic mass is 10.0. The van der Waals surface area contributed by atoms with E-state index in [2.05, 4.69) is 16.2 Å². The molecule has 0 aliphatic rings. The van der Waals surface area contributed by atoms with Gasteiger partial charge in [-0.05, 0) is 48.6 Å². The Hall–Kier alpha value is -2.78. The molecule has 0 spiro atoms. The van der Waals surface area contributed by atoms with E-state index in [0.717, 1.165) is 16.0 Å². The lowest BCUT2D eigenvalue weighted by molar-refractivity contribution is 0.816. The molecule has 6 heteroatoms. The lowest BCUT2D eigenvalue weighted by Gasteiger charge is -2.03. The van der Waals surface area contributed by atoms with Gasteiger partial charge < -0.3 is 0 Å². The van der Waals surface area contributed by atoms with Crippen LogP contribution < -0.4 is 5.56 Å². The van der Waals surface area contributed by atoms with E-state index in [1.54, 1.807) is 48.4 Å². The summed E-state index contributed by atoms with van der Waals surface area (Å²) in [5.41, 5.74) is 2.67. The third kappa shape index (κ3) is 2.79. The van der Waals surface area contributed by atoms with Crippen molar-refractivity contribution in [1.29, 1.82) is 5.26 Å². The van der Waals surface area contributed by atoms with Gasteiger partial charge in [0, 0.05) is 17.3 Å². The van der Waals surface area contributed by atoms with Crippen LogP contribution in [0.25, 0.3) is 16.9 Å². The average Bonchev–Trinajstić information content (AvgIpc) is 2.96. The van der Waals surface area contributed by atoms with Crippen LogP contribution in [0, 0.1) is 18.3 Å². The molecule has 1 aromatic carbocycles. The lowest BCUT2D eigenvalue weighted by Crippen LogP contribution is -2.17. The zero-order valence-electron chi connectivity index (χ0n) is 12.7. The summed E-state index contributed by atoms with van der Waals surface area (Å²) in [7, 11) is 0. The van der Waals surface area contributed by atoms with Crippen molar-refractivity contribution < 1.29 is 0 Å². The highest BCUT2D eigenvalue weighted by Crippen LogP contribution is 2.21. The Morgan fingerprint density at radius 2 is 2.09 bits per heavy atom. The molecule has 2 heterocycles. The fraction of sp³-hybridized carbons (Fsp3) is 0.118. The Morgan fingerprint density at radius 3 is 2.70 bits per heavy atom. The van der Waals surface area contributed by atoms with Crippen molar-refractivity contribution in [2.45, 2.75) is 11.8 Å². The second kappa shape index (κ2) is 6.15. The van der Waals surface area contributed by atoms with Gasteiger partial charge in [-0.2, -0.15) is 5.26 Å². The van der Waals surface area contributed by atoms with Gasteiger partial charge >= 0.3 is 0 Å². The Kier molecular flexibility index (Phi) is 4.04. The van der Waals surface area contributed by atoms with Gasteiger partial charge in [-0.3, -0.25) is 9.89 Å². The van der Waals surface area contributed by atoms with Gasteiger partial charge in [0.1, 0.15) is 0 Å². The number of nitriles is 1. The van der Waals surface area contributed by atoms with Gasteiger partial charge in [-0.25, -0.2) is 9.67 Å². The van der Waals surface area contributed by atoms with Gasteiger partial charge in [-0.1, -0.05) is 6.07 Å². The predicted octanol–water partition coefficient (Wildman–Crippen LogP) is 3.13. The molecule has 0 aliphatic heterocycles. The fourth-order valence-electron chi connectivity index (χ4n) is 2.39. The minimum absolute atomic E-state index is 0.165. The maximum absolute atomic E-state index is 12.7. The SMILES string of the molecule is CSc1ccc(-n2[nH]cc(-c3ccc(C#N)cc3C)c2=O)nc1. The van der Waals surface area contributed by atoms with Crippen molar-refractivity contribution in [3.63, 3.8) is 0 Å². The molecule has 0 bridgehead atoms. The standard InChI is InChI=1S/C17H14N4OS/c1-11-7-12(8-18)3-5-14(11)15-10-20-21(17(15)22)16-6-4-13(23-2)9-19-16/h3-7,9-10,20H,1-2H3. The summed E-state index contributed by atoms with van der Waals surface area (Å²) in [5.74, 6) is 0.547. The molecule has 3 rings (SSSR count). The molecular formula is C17H14N4OS. The smallest absolute Gasteiger partial charge is 0.280 e. The van der Waals surface area contributed by atoms with E-state index in [-0.39, 0.29) is 5.56 Å². The summed E-state index contributed by atoms with van der Waals surface area (Å²) in [6.45, 7) is 1.89. The molecule has 0 saturated heterocycles. The van der Waals surface area contributed by atoms with E-state index in [4.69, 9.17) is 5.26 Å². The zero-order chi connectivity index (χ0) is 16.4. The Bertz CT molecular complexity index is 948. The third-order valence-corrected chi connectivity index (χ3v) is 4.32. The van der Waals surface area contributed by atoms with E-state index in [0.29, 0.717) is 16.9 Å². The normalized spacial score (nSPS) is 10.5. The molecule has 23 heavy (non-hydrogen) atoms. The molecule has 0 amide bonds. The average molecular weight is 322 g/mol. The minimum Gasteiger partial charge on any atom is -0.296 e. The molecule has 1 N–H and O–H groups in total. The number of aromatic nitrogens is 3. The number of thioether (sulfide) groups is 1. The summed E-state index contributed by atoms with van der Waals surface area (Å²) >= 11 is 1.60. The topological polar surface area (TPSA) is 74.5 Å². The van der Waals surface area contributed by atoms with Crippen molar-refractivity contribution in [3.8, 4) is 23.0 Å². The summed E-state index contributed by atoms with van der Waals surface area (Å²) in [5, 5.41) is 11.9. The first kappa shape index (κ1) is 15.1. The van der Waals surface area contributed by atoms with Crippen molar-refractivity contribution >= 4 is 11.8 Å². The molecule has 2 aromatic heterocycles.